The molecule has 6 nitrogen and oxygen atoms in total. The number of ether oxygens (including phenoxy) is 1. The van der Waals surface area contributed by atoms with E-state index in [0.29, 0.717) is 25.4 Å². The van der Waals surface area contributed by atoms with E-state index in [4.69, 9.17) is 4.74 Å². The molecule has 24 heavy (non-hydrogen) atoms. The van der Waals surface area contributed by atoms with Crippen molar-refractivity contribution in [2.45, 2.75) is 32.2 Å². The number of urea groups is 1. The second-order valence-electron chi connectivity index (χ2n) is 5.80. The molecule has 1 aliphatic heterocycles. The largest absolute Gasteiger partial charge is 0.484 e. The Hall–Kier alpha value is -2.31. The Morgan fingerprint density at radius 3 is 2.54 bits per heavy atom. The van der Waals surface area contributed by atoms with Gasteiger partial charge in [-0.15, -0.1) is 0 Å². The normalized spacial score (nSPS) is 15.0. The Bertz CT molecular complexity index is 543. The summed E-state index contributed by atoms with van der Waals surface area (Å²) < 4.78 is 18.1. The molecule has 1 aromatic rings. The topological polar surface area (TPSA) is 70.7 Å². The van der Waals surface area contributed by atoms with Crippen molar-refractivity contribution in [3.63, 3.8) is 0 Å². The SMILES string of the molecule is CCCNC(=O)N1CCC(NC(=O)COc2ccc(F)cc2)CC1. The fourth-order valence-corrected chi connectivity index (χ4v) is 2.52. The van der Waals surface area contributed by atoms with Gasteiger partial charge in [0, 0.05) is 25.7 Å². The van der Waals surface area contributed by atoms with E-state index < -0.39 is 0 Å². The first-order valence-electron chi connectivity index (χ1n) is 8.29. The molecule has 0 radical (unpaired) electrons. The Morgan fingerprint density at radius 2 is 1.92 bits per heavy atom. The molecule has 1 aromatic carbocycles. The van der Waals surface area contributed by atoms with Gasteiger partial charge in [-0.05, 0) is 43.5 Å². The highest BCUT2D eigenvalue weighted by Crippen LogP contribution is 2.12. The van der Waals surface area contributed by atoms with Gasteiger partial charge in [0.05, 0.1) is 0 Å². The van der Waals surface area contributed by atoms with Crippen LogP contribution in [0.2, 0.25) is 0 Å². The summed E-state index contributed by atoms with van der Waals surface area (Å²) in [6.07, 6.45) is 2.36. The number of halogens is 1. The summed E-state index contributed by atoms with van der Waals surface area (Å²) in [6, 6.07) is 5.54. The van der Waals surface area contributed by atoms with Gasteiger partial charge >= 0.3 is 6.03 Å². The van der Waals surface area contributed by atoms with E-state index in [2.05, 4.69) is 10.6 Å². The Balaban J connectivity index is 1.66. The zero-order chi connectivity index (χ0) is 17.4. The highest BCUT2D eigenvalue weighted by Gasteiger charge is 2.23. The first-order chi connectivity index (χ1) is 11.6. The maximum Gasteiger partial charge on any atom is 0.317 e. The zero-order valence-electron chi connectivity index (χ0n) is 13.9. The fourth-order valence-electron chi connectivity index (χ4n) is 2.52. The molecular weight excluding hydrogens is 313 g/mol. The highest BCUT2D eigenvalue weighted by molar-refractivity contribution is 5.78. The van der Waals surface area contributed by atoms with Crippen molar-refractivity contribution >= 4 is 11.9 Å². The predicted molar refractivity (Wildman–Crippen MR) is 88.3 cm³/mol. The van der Waals surface area contributed by atoms with E-state index in [1.54, 1.807) is 4.90 Å². The number of piperidine rings is 1. The lowest BCUT2D eigenvalue weighted by Crippen LogP contribution is -2.50. The van der Waals surface area contributed by atoms with Gasteiger partial charge in [0.2, 0.25) is 0 Å². The number of carbonyl (C=O) groups excluding carboxylic acids is 2. The van der Waals surface area contributed by atoms with Crippen molar-refractivity contribution in [3.05, 3.63) is 30.1 Å². The van der Waals surface area contributed by atoms with E-state index in [-0.39, 0.29) is 30.4 Å². The molecule has 7 heteroatoms. The molecule has 0 aliphatic carbocycles. The van der Waals surface area contributed by atoms with E-state index >= 15 is 0 Å². The monoisotopic (exact) mass is 337 g/mol. The van der Waals surface area contributed by atoms with Crippen LogP contribution in [0.5, 0.6) is 5.75 Å². The lowest BCUT2D eigenvalue weighted by Gasteiger charge is -2.32. The van der Waals surface area contributed by atoms with Gasteiger partial charge < -0.3 is 20.3 Å². The van der Waals surface area contributed by atoms with Crippen LogP contribution in [-0.4, -0.2) is 49.1 Å². The number of hydrogen-bond acceptors (Lipinski definition) is 3. The van der Waals surface area contributed by atoms with Crippen LogP contribution in [0.3, 0.4) is 0 Å². The lowest BCUT2D eigenvalue weighted by molar-refractivity contribution is -0.124. The average molecular weight is 337 g/mol. The van der Waals surface area contributed by atoms with Crippen molar-refractivity contribution in [1.82, 2.24) is 15.5 Å². The molecule has 0 saturated carbocycles. The number of benzene rings is 1. The smallest absolute Gasteiger partial charge is 0.317 e. The molecule has 0 atom stereocenters. The van der Waals surface area contributed by atoms with Gasteiger partial charge in [0.1, 0.15) is 11.6 Å². The molecule has 0 spiro atoms. The Kier molecular flexibility index (Phi) is 6.84. The number of rotatable bonds is 6. The molecule has 0 aromatic heterocycles. The molecule has 132 valence electrons. The van der Waals surface area contributed by atoms with Crippen LogP contribution < -0.4 is 15.4 Å². The summed E-state index contributed by atoms with van der Waals surface area (Å²) in [6.45, 7) is 3.83. The van der Waals surface area contributed by atoms with Crippen LogP contribution in [0.4, 0.5) is 9.18 Å². The third-order valence-electron chi connectivity index (χ3n) is 3.86. The van der Waals surface area contributed by atoms with Crippen molar-refractivity contribution < 1.29 is 18.7 Å². The number of carbonyl (C=O) groups is 2. The standard InChI is InChI=1S/C17H24FN3O3/c1-2-9-19-17(23)21-10-7-14(8-11-21)20-16(22)12-24-15-5-3-13(18)4-6-15/h3-6,14H,2,7-12H2,1H3,(H,19,23)(H,20,22). The number of hydrogen-bond donors (Lipinski definition) is 2. The van der Waals surface area contributed by atoms with Crippen molar-refractivity contribution in [2.75, 3.05) is 26.2 Å². The van der Waals surface area contributed by atoms with E-state index in [0.717, 1.165) is 19.3 Å². The Labute approximate surface area is 141 Å². The summed E-state index contributed by atoms with van der Waals surface area (Å²) in [5, 5.41) is 5.76. The molecule has 0 bridgehead atoms. The second-order valence-corrected chi connectivity index (χ2v) is 5.80. The van der Waals surface area contributed by atoms with Crippen molar-refractivity contribution in [3.8, 4) is 5.75 Å². The third kappa shape index (κ3) is 5.72. The maximum absolute atomic E-state index is 12.8. The number of nitrogens with zero attached hydrogens (tertiary/aromatic N) is 1. The highest BCUT2D eigenvalue weighted by atomic mass is 19.1. The maximum atomic E-state index is 12.8. The minimum Gasteiger partial charge on any atom is -0.484 e. The van der Waals surface area contributed by atoms with Gasteiger partial charge in [-0.1, -0.05) is 6.92 Å². The minimum absolute atomic E-state index is 0.0405. The van der Waals surface area contributed by atoms with Crippen molar-refractivity contribution in [1.29, 1.82) is 0 Å². The van der Waals surface area contributed by atoms with Crippen LogP contribution >= 0.6 is 0 Å². The van der Waals surface area contributed by atoms with Gasteiger partial charge in [-0.3, -0.25) is 4.79 Å². The quantitative estimate of drug-likeness (QED) is 0.833. The molecule has 3 amide bonds. The third-order valence-corrected chi connectivity index (χ3v) is 3.86. The summed E-state index contributed by atoms with van der Waals surface area (Å²) in [5.74, 6) is -0.108. The summed E-state index contributed by atoms with van der Waals surface area (Å²) in [5.41, 5.74) is 0. The van der Waals surface area contributed by atoms with E-state index in [1.807, 2.05) is 6.92 Å². The Morgan fingerprint density at radius 1 is 1.25 bits per heavy atom. The predicted octanol–water partition coefficient (Wildman–Crippen LogP) is 1.90. The van der Waals surface area contributed by atoms with Crippen LogP contribution in [-0.2, 0) is 4.79 Å². The molecule has 2 rings (SSSR count). The summed E-state index contributed by atoms with van der Waals surface area (Å²) >= 11 is 0. The zero-order valence-corrected chi connectivity index (χ0v) is 13.9. The first kappa shape index (κ1) is 18.0. The average Bonchev–Trinajstić information content (AvgIpc) is 2.60. The van der Waals surface area contributed by atoms with Crippen LogP contribution in [0.15, 0.2) is 24.3 Å². The molecule has 1 heterocycles. The summed E-state index contributed by atoms with van der Waals surface area (Å²) in [7, 11) is 0. The molecule has 1 saturated heterocycles. The van der Waals surface area contributed by atoms with Gasteiger partial charge in [0.25, 0.3) is 5.91 Å². The summed E-state index contributed by atoms with van der Waals surface area (Å²) in [4.78, 5) is 25.5. The lowest BCUT2D eigenvalue weighted by atomic mass is 10.1. The fraction of sp³-hybridized carbons (Fsp3) is 0.529. The number of nitrogens with one attached hydrogen (secondary N) is 2. The van der Waals surface area contributed by atoms with Gasteiger partial charge in [-0.25, -0.2) is 9.18 Å². The molecule has 1 fully saturated rings. The second kappa shape index (κ2) is 9.10. The number of amides is 3. The molecule has 0 unspecified atom stereocenters. The van der Waals surface area contributed by atoms with Crippen LogP contribution in [0.1, 0.15) is 26.2 Å². The van der Waals surface area contributed by atoms with Gasteiger partial charge in [-0.2, -0.15) is 0 Å². The molecule has 2 N–H and O–H groups in total. The van der Waals surface area contributed by atoms with Crippen LogP contribution in [0.25, 0.3) is 0 Å². The first-order valence-corrected chi connectivity index (χ1v) is 8.29. The van der Waals surface area contributed by atoms with Gasteiger partial charge in [0.15, 0.2) is 6.61 Å². The van der Waals surface area contributed by atoms with E-state index in [1.165, 1.54) is 24.3 Å². The van der Waals surface area contributed by atoms with E-state index in [9.17, 15) is 14.0 Å². The number of likely N-dealkylation sites (tertiary alicyclic amines) is 1. The minimum atomic E-state index is -0.346. The molecular formula is C17H24FN3O3. The van der Waals surface area contributed by atoms with Crippen molar-refractivity contribution in [2.24, 2.45) is 0 Å². The molecule has 1 aliphatic rings. The van der Waals surface area contributed by atoms with Crippen LogP contribution in [0, 0.1) is 5.82 Å².